The lowest BCUT2D eigenvalue weighted by Gasteiger charge is -2.34. The predicted molar refractivity (Wildman–Crippen MR) is 87.5 cm³/mol. The molecule has 2 heteroatoms. The standard InChI is InChI=1S/C19H29NO/c1-14(2)12-20-13-19(9-10-21-15(19)3)18-11-17(18)16-7-5-4-6-8-16/h4-8,14-15,17-18,20H,9-13H2,1-3H3. The lowest BCUT2D eigenvalue weighted by atomic mass is 9.75. The van der Waals surface area contributed by atoms with Crippen LogP contribution in [0, 0.1) is 17.3 Å². The Balaban J connectivity index is 1.69. The minimum Gasteiger partial charge on any atom is -0.378 e. The van der Waals surface area contributed by atoms with Crippen LogP contribution >= 0.6 is 0 Å². The lowest BCUT2D eigenvalue weighted by Crippen LogP contribution is -2.42. The van der Waals surface area contributed by atoms with E-state index in [0.717, 1.165) is 31.5 Å². The van der Waals surface area contributed by atoms with Gasteiger partial charge in [0.05, 0.1) is 6.10 Å². The highest BCUT2D eigenvalue weighted by atomic mass is 16.5. The van der Waals surface area contributed by atoms with Crippen molar-refractivity contribution >= 4 is 0 Å². The van der Waals surface area contributed by atoms with E-state index in [1.165, 1.54) is 18.4 Å². The molecule has 1 saturated heterocycles. The fraction of sp³-hybridized carbons (Fsp3) is 0.684. The van der Waals surface area contributed by atoms with E-state index in [9.17, 15) is 0 Å². The van der Waals surface area contributed by atoms with Crippen LogP contribution in [0.2, 0.25) is 0 Å². The molecular formula is C19H29NO. The number of hydrogen-bond acceptors (Lipinski definition) is 2. The molecule has 1 saturated carbocycles. The minimum atomic E-state index is 0.343. The molecule has 0 radical (unpaired) electrons. The van der Waals surface area contributed by atoms with Gasteiger partial charge in [0.1, 0.15) is 0 Å². The van der Waals surface area contributed by atoms with Gasteiger partial charge in [0.15, 0.2) is 0 Å². The molecule has 2 nitrogen and oxygen atoms in total. The van der Waals surface area contributed by atoms with E-state index >= 15 is 0 Å². The molecule has 1 aliphatic heterocycles. The van der Waals surface area contributed by atoms with E-state index in [1.54, 1.807) is 0 Å². The van der Waals surface area contributed by atoms with Crippen LogP contribution in [0.15, 0.2) is 30.3 Å². The van der Waals surface area contributed by atoms with Crippen molar-refractivity contribution in [2.45, 2.75) is 45.6 Å². The molecular weight excluding hydrogens is 258 g/mol. The second-order valence-corrected chi connectivity index (χ2v) is 7.38. The van der Waals surface area contributed by atoms with Gasteiger partial charge >= 0.3 is 0 Å². The third-order valence-corrected chi connectivity index (χ3v) is 5.51. The second kappa shape index (κ2) is 6.10. The van der Waals surface area contributed by atoms with Crippen molar-refractivity contribution in [2.75, 3.05) is 19.7 Å². The number of nitrogens with one attached hydrogen (secondary N) is 1. The number of benzene rings is 1. The predicted octanol–water partition coefficient (Wildman–Crippen LogP) is 3.83. The van der Waals surface area contributed by atoms with Crippen LogP contribution in [0.3, 0.4) is 0 Å². The zero-order valence-corrected chi connectivity index (χ0v) is 13.6. The SMILES string of the molecule is CC(C)CNCC1(C2CC2c2ccccc2)CCOC1C. The molecule has 0 aromatic heterocycles. The molecule has 3 rings (SSSR count). The van der Waals surface area contributed by atoms with Gasteiger partial charge in [-0.05, 0) is 49.6 Å². The Labute approximate surface area is 129 Å². The van der Waals surface area contributed by atoms with Gasteiger partial charge in [0, 0.05) is 18.6 Å². The number of hydrogen-bond donors (Lipinski definition) is 1. The Hall–Kier alpha value is -0.860. The average Bonchev–Trinajstić information content (AvgIpc) is 3.20. The summed E-state index contributed by atoms with van der Waals surface area (Å²) < 4.78 is 5.97. The largest absolute Gasteiger partial charge is 0.378 e. The molecule has 2 fully saturated rings. The van der Waals surface area contributed by atoms with Crippen molar-refractivity contribution in [1.29, 1.82) is 0 Å². The molecule has 116 valence electrons. The molecule has 1 aliphatic carbocycles. The van der Waals surface area contributed by atoms with Crippen LogP contribution in [-0.2, 0) is 4.74 Å². The maximum atomic E-state index is 5.97. The van der Waals surface area contributed by atoms with Crippen molar-refractivity contribution in [3.05, 3.63) is 35.9 Å². The summed E-state index contributed by atoms with van der Waals surface area (Å²) in [5.74, 6) is 2.25. The summed E-state index contributed by atoms with van der Waals surface area (Å²) in [6.07, 6.45) is 2.94. The average molecular weight is 287 g/mol. The van der Waals surface area contributed by atoms with Crippen LogP contribution in [0.1, 0.15) is 45.1 Å². The van der Waals surface area contributed by atoms with Crippen molar-refractivity contribution in [2.24, 2.45) is 17.3 Å². The van der Waals surface area contributed by atoms with E-state index in [4.69, 9.17) is 4.74 Å². The number of rotatable bonds is 6. The summed E-state index contributed by atoms with van der Waals surface area (Å²) in [4.78, 5) is 0. The quantitative estimate of drug-likeness (QED) is 0.858. The van der Waals surface area contributed by atoms with E-state index in [2.05, 4.69) is 56.4 Å². The topological polar surface area (TPSA) is 21.3 Å². The molecule has 1 N–H and O–H groups in total. The van der Waals surface area contributed by atoms with E-state index in [1.807, 2.05) is 0 Å². The van der Waals surface area contributed by atoms with Gasteiger partial charge in [0.25, 0.3) is 0 Å². The summed E-state index contributed by atoms with van der Waals surface area (Å²) in [7, 11) is 0. The van der Waals surface area contributed by atoms with Crippen LogP contribution < -0.4 is 5.32 Å². The van der Waals surface area contributed by atoms with Gasteiger partial charge in [-0.15, -0.1) is 0 Å². The molecule has 21 heavy (non-hydrogen) atoms. The molecule has 4 unspecified atom stereocenters. The first-order valence-electron chi connectivity index (χ1n) is 8.51. The van der Waals surface area contributed by atoms with Crippen molar-refractivity contribution in [3.63, 3.8) is 0 Å². The van der Waals surface area contributed by atoms with Crippen molar-refractivity contribution < 1.29 is 4.74 Å². The third-order valence-electron chi connectivity index (χ3n) is 5.51. The highest BCUT2D eigenvalue weighted by Gasteiger charge is 2.57. The molecule has 2 aliphatic rings. The first kappa shape index (κ1) is 15.1. The third kappa shape index (κ3) is 3.02. The normalized spacial score (nSPS) is 35.3. The Bertz CT molecular complexity index is 458. The van der Waals surface area contributed by atoms with E-state index in [0.29, 0.717) is 17.4 Å². The van der Waals surface area contributed by atoms with Crippen molar-refractivity contribution in [1.82, 2.24) is 5.32 Å². The van der Waals surface area contributed by atoms with Gasteiger partial charge in [-0.3, -0.25) is 0 Å². The highest BCUT2D eigenvalue weighted by molar-refractivity contribution is 5.28. The van der Waals surface area contributed by atoms with Gasteiger partial charge in [-0.2, -0.15) is 0 Å². The van der Waals surface area contributed by atoms with E-state index < -0.39 is 0 Å². The molecule has 1 aromatic carbocycles. The Morgan fingerprint density at radius 1 is 1.29 bits per heavy atom. The zero-order valence-electron chi connectivity index (χ0n) is 13.6. The van der Waals surface area contributed by atoms with Gasteiger partial charge in [-0.1, -0.05) is 44.2 Å². The Morgan fingerprint density at radius 2 is 2.05 bits per heavy atom. The molecule has 1 heterocycles. The summed E-state index contributed by atoms with van der Waals surface area (Å²) in [5, 5.41) is 3.71. The van der Waals surface area contributed by atoms with Crippen LogP contribution in [0.5, 0.6) is 0 Å². The van der Waals surface area contributed by atoms with Crippen LogP contribution in [0.25, 0.3) is 0 Å². The van der Waals surface area contributed by atoms with E-state index in [-0.39, 0.29) is 0 Å². The molecule has 0 amide bonds. The summed E-state index contributed by atoms with van der Waals surface area (Å²) >= 11 is 0. The number of ether oxygens (including phenoxy) is 1. The maximum Gasteiger partial charge on any atom is 0.0619 e. The maximum absolute atomic E-state index is 5.97. The van der Waals surface area contributed by atoms with Gasteiger partial charge < -0.3 is 10.1 Å². The molecule has 0 bridgehead atoms. The van der Waals surface area contributed by atoms with Gasteiger partial charge in [-0.25, -0.2) is 0 Å². The van der Waals surface area contributed by atoms with Crippen LogP contribution in [0.4, 0.5) is 0 Å². The van der Waals surface area contributed by atoms with Crippen molar-refractivity contribution in [3.8, 4) is 0 Å². The molecule has 4 atom stereocenters. The Kier molecular flexibility index (Phi) is 4.37. The smallest absolute Gasteiger partial charge is 0.0619 e. The first-order valence-corrected chi connectivity index (χ1v) is 8.51. The fourth-order valence-corrected chi connectivity index (χ4v) is 4.14. The van der Waals surface area contributed by atoms with Crippen LogP contribution in [-0.4, -0.2) is 25.8 Å². The minimum absolute atomic E-state index is 0.343. The monoisotopic (exact) mass is 287 g/mol. The summed E-state index contributed by atoms with van der Waals surface area (Å²) in [6.45, 7) is 9.99. The summed E-state index contributed by atoms with van der Waals surface area (Å²) in [6, 6.07) is 11.0. The van der Waals surface area contributed by atoms with Gasteiger partial charge in [0.2, 0.25) is 0 Å². The Morgan fingerprint density at radius 3 is 2.67 bits per heavy atom. The lowest BCUT2D eigenvalue weighted by molar-refractivity contribution is 0.0497. The zero-order chi connectivity index (χ0) is 14.9. The molecule has 1 aromatic rings. The second-order valence-electron chi connectivity index (χ2n) is 7.38. The molecule has 0 spiro atoms. The first-order chi connectivity index (χ1) is 10.1. The fourth-order valence-electron chi connectivity index (χ4n) is 4.14. The summed E-state index contributed by atoms with van der Waals surface area (Å²) in [5.41, 5.74) is 1.86. The highest BCUT2D eigenvalue weighted by Crippen LogP contribution is 2.61.